The third-order valence-corrected chi connectivity index (χ3v) is 3.76. The number of hydrogen-bond donors (Lipinski definition) is 0. The molecule has 0 unspecified atom stereocenters. The molecule has 0 aliphatic rings. The molecule has 118 valence electrons. The summed E-state index contributed by atoms with van der Waals surface area (Å²) in [5.41, 5.74) is 0.758. The third-order valence-electron chi connectivity index (χ3n) is 3.05. The summed E-state index contributed by atoms with van der Waals surface area (Å²) in [6.07, 6.45) is 0. The van der Waals surface area contributed by atoms with E-state index in [9.17, 15) is 4.79 Å². The highest BCUT2D eigenvalue weighted by molar-refractivity contribution is 14.1. The molecule has 0 aliphatic heterocycles. The molecule has 0 saturated carbocycles. The lowest BCUT2D eigenvalue weighted by Gasteiger charge is -2.21. The molecule has 0 saturated heterocycles. The molecule has 0 N–H and O–H groups in total. The first-order valence-corrected chi connectivity index (χ1v) is 8.41. The molecule has 21 heavy (non-hydrogen) atoms. The van der Waals surface area contributed by atoms with Gasteiger partial charge in [0.15, 0.2) is 5.78 Å². The minimum absolute atomic E-state index is 0.138. The Labute approximate surface area is 140 Å². The summed E-state index contributed by atoms with van der Waals surface area (Å²) < 4.78 is 11.9. The summed E-state index contributed by atoms with van der Waals surface area (Å²) in [6, 6.07) is 7.68. The van der Waals surface area contributed by atoms with Gasteiger partial charge >= 0.3 is 0 Å². The van der Waals surface area contributed by atoms with Gasteiger partial charge in [-0.1, -0.05) is 12.1 Å². The number of halogens is 1. The largest absolute Gasteiger partial charge is 0.380 e. The van der Waals surface area contributed by atoms with Crippen LogP contribution in [0.5, 0.6) is 0 Å². The first-order valence-electron chi connectivity index (χ1n) is 7.34. The van der Waals surface area contributed by atoms with E-state index in [-0.39, 0.29) is 5.78 Å². The van der Waals surface area contributed by atoms with Crippen molar-refractivity contribution >= 4 is 28.4 Å². The van der Waals surface area contributed by atoms with Crippen molar-refractivity contribution in [3.05, 3.63) is 33.4 Å². The van der Waals surface area contributed by atoms with Gasteiger partial charge in [-0.2, -0.15) is 0 Å². The molecule has 0 aliphatic carbocycles. The van der Waals surface area contributed by atoms with Crippen LogP contribution in [-0.2, 0) is 9.47 Å². The summed E-state index contributed by atoms with van der Waals surface area (Å²) in [5, 5.41) is 0. The van der Waals surface area contributed by atoms with Gasteiger partial charge in [0, 0.05) is 35.4 Å². The number of carbonyl (C=O) groups is 1. The number of ether oxygens (including phenoxy) is 2. The molecular weight excluding hydrogens is 381 g/mol. The van der Waals surface area contributed by atoms with Gasteiger partial charge in [-0.15, -0.1) is 0 Å². The lowest BCUT2D eigenvalue weighted by molar-refractivity contribution is 0.0725. The molecule has 1 aromatic carbocycles. The Kier molecular flexibility index (Phi) is 9.82. The topological polar surface area (TPSA) is 38.8 Å². The zero-order chi connectivity index (χ0) is 15.5. The Bertz CT molecular complexity index is 398. The summed E-state index contributed by atoms with van der Waals surface area (Å²) in [5.74, 6) is 0.138. The quantitative estimate of drug-likeness (QED) is 0.323. The average molecular weight is 405 g/mol. The lowest BCUT2D eigenvalue weighted by Crippen LogP contribution is -2.35. The smallest absolute Gasteiger partial charge is 0.176 e. The van der Waals surface area contributed by atoms with Crippen molar-refractivity contribution in [2.75, 3.05) is 46.1 Å². The molecule has 0 fully saturated rings. The van der Waals surface area contributed by atoms with Crippen LogP contribution in [0.1, 0.15) is 24.2 Å². The summed E-state index contributed by atoms with van der Waals surface area (Å²) >= 11 is 2.24. The molecule has 0 bridgehead atoms. The van der Waals surface area contributed by atoms with Crippen molar-refractivity contribution in [1.29, 1.82) is 0 Å². The van der Waals surface area contributed by atoms with Crippen LogP contribution in [0.4, 0.5) is 0 Å². The zero-order valence-electron chi connectivity index (χ0n) is 12.8. The molecule has 4 nitrogen and oxygen atoms in total. The second kappa shape index (κ2) is 11.1. The van der Waals surface area contributed by atoms with E-state index in [2.05, 4.69) is 27.5 Å². The molecule has 0 heterocycles. The first kappa shape index (κ1) is 18.5. The van der Waals surface area contributed by atoms with Gasteiger partial charge in [0.1, 0.15) is 0 Å². The molecule has 0 radical (unpaired) electrons. The van der Waals surface area contributed by atoms with Gasteiger partial charge in [0.05, 0.1) is 19.8 Å². The third kappa shape index (κ3) is 7.90. The highest BCUT2D eigenvalue weighted by Gasteiger charge is 2.12. The molecule has 1 aromatic rings. The van der Waals surface area contributed by atoms with E-state index in [0.29, 0.717) is 33.0 Å². The van der Waals surface area contributed by atoms with Crippen molar-refractivity contribution < 1.29 is 14.3 Å². The fourth-order valence-corrected chi connectivity index (χ4v) is 2.24. The SMILES string of the molecule is CCOCCN(CCOCC)CC(=O)c1ccc(I)cc1. The second-order valence-corrected chi connectivity index (χ2v) is 5.85. The van der Waals surface area contributed by atoms with Crippen molar-refractivity contribution in [1.82, 2.24) is 4.90 Å². The van der Waals surface area contributed by atoms with E-state index >= 15 is 0 Å². The summed E-state index contributed by atoms with van der Waals surface area (Å²) in [7, 11) is 0. The molecule has 0 amide bonds. The number of carbonyl (C=O) groups excluding carboxylic acids is 1. The van der Waals surface area contributed by atoms with Crippen molar-refractivity contribution in [2.45, 2.75) is 13.8 Å². The van der Waals surface area contributed by atoms with Crippen LogP contribution < -0.4 is 0 Å². The van der Waals surface area contributed by atoms with E-state index in [0.717, 1.165) is 22.2 Å². The number of hydrogen-bond acceptors (Lipinski definition) is 4. The maximum absolute atomic E-state index is 12.3. The fourth-order valence-electron chi connectivity index (χ4n) is 1.88. The monoisotopic (exact) mass is 405 g/mol. The maximum atomic E-state index is 12.3. The Morgan fingerprint density at radius 2 is 1.57 bits per heavy atom. The average Bonchev–Trinajstić information content (AvgIpc) is 2.48. The Balaban J connectivity index is 2.52. The highest BCUT2D eigenvalue weighted by Crippen LogP contribution is 2.08. The van der Waals surface area contributed by atoms with E-state index in [1.165, 1.54) is 0 Å². The van der Waals surface area contributed by atoms with Gasteiger partial charge in [-0.05, 0) is 48.6 Å². The number of rotatable bonds is 11. The van der Waals surface area contributed by atoms with Crippen LogP contribution in [0.25, 0.3) is 0 Å². The van der Waals surface area contributed by atoms with Crippen molar-refractivity contribution in [3.63, 3.8) is 0 Å². The molecule has 5 heteroatoms. The standard InChI is InChI=1S/C16H24INO3/c1-3-20-11-9-18(10-12-21-4-2)13-16(19)14-5-7-15(17)8-6-14/h5-8H,3-4,9-13H2,1-2H3. The summed E-state index contributed by atoms with van der Waals surface area (Å²) in [4.78, 5) is 14.4. The normalized spacial score (nSPS) is 11.0. The van der Waals surface area contributed by atoms with Gasteiger partial charge in [0.25, 0.3) is 0 Å². The lowest BCUT2D eigenvalue weighted by atomic mass is 10.1. The number of Topliss-reactive ketones (excluding diaryl/α,β-unsaturated/α-hetero) is 1. The molecule has 1 rings (SSSR count). The summed E-state index contributed by atoms with van der Waals surface area (Å²) in [6.45, 7) is 8.53. The Morgan fingerprint density at radius 1 is 1.05 bits per heavy atom. The molecule has 0 atom stereocenters. The minimum Gasteiger partial charge on any atom is -0.380 e. The predicted octanol–water partition coefficient (Wildman–Crippen LogP) is 2.85. The van der Waals surface area contributed by atoms with Gasteiger partial charge in [-0.25, -0.2) is 0 Å². The second-order valence-electron chi connectivity index (χ2n) is 4.60. The van der Waals surface area contributed by atoms with Crippen molar-refractivity contribution in [2.24, 2.45) is 0 Å². The zero-order valence-corrected chi connectivity index (χ0v) is 15.0. The highest BCUT2D eigenvalue weighted by atomic mass is 127. The number of ketones is 1. The Hall–Kier alpha value is -0.500. The fraction of sp³-hybridized carbons (Fsp3) is 0.562. The minimum atomic E-state index is 0.138. The Morgan fingerprint density at radius 3 is 2.05 bits per heavy atom. The van der Waals surface area contributed by atoms with Gasteiger partial charge in [0.2, 0.25) is 0 Å². The van der Waals surface area contributed by atoms with Crippen LogP contribution in [0.15, 0.2) is 24.3 Å². The van der Waals surface area contributed by atoms with E-state index in [4.69, 9.17) is 9.47 Å². The molecule has 0 spiro atoms. The maximum Gasteiger partial charge on any atom is 0.176 e. The predicted molar refractivity (Wildman–Crippen MR) is 92.9 cm³/mol. The van der Waals surface area contributed by atoms with E-state index < -0.39 is 0 Å². The van der Waals surface area contributed by atoms with Crippen LogP contribution >= 0.6 is 22.6 Å². The van der Waals surface area contributed by atoms with Gasteiger partial charge < -0.3 is 9.47 Å². The molecule has 0 aromatic heterocycles. The van der Waals surface area contributed by atoms with Gasteiger partial charge in [-0.3, -0.25) is 9.69 Å². The van der Waals surface area contributed by atoms with Crippen LogP contribution in [0, 0.1) is 3.57 Å². The number of nitrogens with zero attached hydrogens (tertiary/aromatic N) is 1. The molecular formula is C16H24INO3. The number of benzene rings is 1. The first-order chi connectivity index (χ1) is 10.2. The van der Waals surface area contributed by atoms with E-state index in [1.807, 2.05) is 38.1 Å². The van der Waals surface area contributed by atoms with Crippen LogP contribution in [0.3, 0.4) is 0 Å². The van der Waals surface area contributed by atoms with Crippen molar-refractivity contribution in [3.8, 4) is 0 Å². The van der Waals surface area contributed by atoms with Crippen LogP contribution in [0.2, 0.25) is 0 Å². The van der Waals surface area contributed by atoms with Crippen LogP contribution in [-0.4, -0.2) is 56.7 Å². The van der Waals surface area contributed by atoms with E-state index in [1.54, 1.807) is 0 Å².